The monoisotopic (exact) mass is 446 g/mol. The van der Waals surface area contributed by atoms with E-state index in [1.807, 2.05) is 19.2 Å². The topological polar surface area (TPSA) is 85.2 Å². The summed E-state index contributed by atoms with van der Waals surface area (Å²) in [5.74, 6) is 1.23. The second-order valence-corrected chi connectivity index (χ2v) is 8.76. The molecule has 2 aromatic heterocycles. The quantitative estimate of drug-likeness (QED) is 0.627. The standard InChI is InChI=1S/C25H30N6O2/c1-4-30-11-5-6-19(30)14-26-24(32)22-15-28-31(16(22)2)25-27-13-18-8-7-17-12-20(33-3)9-10-21(17)23(18)29-25/h9-10,12-13,15,19H,4-8,11,14H2,1-3H3,(H,26,32)/t19-/m1/s1. The van der Waals surface area contributed by atoms with Crippen molar-refractivity contribution in [2.24, 2.45) is 0 Å². The molecule has 1 aliphatic carbocycles. The number of benzene rings is 1. The summed E-state index contributed by atoms with van der Waals surface area (Å²) in [6.45, 7) is 6.84. The number of fused-ring (bicyclic) bond motifs is 3. The molecule has 0 radical (unpaired) electrons. The molecule has 1 N–H and O–H groups in total. The van der Waals surface area contributed by atoms with Gasteiger partial charge in [-0.15, -0.1) is 0 Å². The van der Waals surface area contributed by atoms with Crippen LogP contribution in [0.2, 0.25) is 0 Å². The lowest BCUT2D eigenvalue weighted by Gasteiger charge is -2.22. The normalized spacial score (nSPS) is 17.5. The lowest BCUT2D eigenvalue weighted by molar-refractivity contribution is 0.0940. The lowest BCUT2D eigenvalue weighted by Crippen LogP contribution is -2.40. The van der Waals surface area contributed by atoms with E-state index in [1.165, 1.54) is 12.0 Å². The summed E-state index contributed by atoms with van der Waals surface area (Å²) in [5.41, 5.74) is 5.65. The summed E-state index contributed by atoms with van der Waals surface area (Å²) in [4.78, 5) is 24.7. The molecular weight excluding hydrogens is 416 g/mol. The Morgan fingerprint density at radius 1 is 1.24 bits per heavy atom. The van der Waals surface area contributed by atoms with Crippen molar-refractivity contribution in [2.75, 3.05) is 26.7 Å². The van der Waals surface area contributed by atoms with E-state index in [2.05, 4.69) is 39.4 Å². The van der Waals surface area contributed by atoms with Gasteiger partial charge in [-0.2, -0.15) is 5.10 Å². The van der Waals surface area contributed by atoms with Crippen LogP contribution in [0, 0.1) is 6.92 Å². The number of nitrogens with one attached hydrogen (secondary N) is 1. The molecule has 1 amide bonds. The molecule has 1 saturated heterocycles. The van der Waals surface area contributed by atoms with Crippen molar-refractivity contribution in [2.45, 2.75) is 45.6 Å². The number of carbonyl (C=O) groups is 1. The molecule has 1 aromatic carbocycles. The molecule has 1 fully saturated rings. The van der Waals surface area contributed by atoms with Crippen molar-refractivity contribution >= 4 is 5.91 Å². The lowest BCUT2D eigenvalue weighted by atomic mass is 9.90. The number of likely N-dealkylation sites (N-methyl/N-ethyl adjacent to an activating group) is 1. The van der Waals surface area contributed by atoms with Crippen LogP contribution in [-0.2, 0) is 12.8 Å². The number of aromatic nitrogens is 4. The molecule has 3 heterocycles. The van der Waals surface area contributed by atoms with Crippen molar-refractivity contribution in [3.8, 4) is 23.0 Å². The Balaban J connectivity index is 1.38. The van der Waals surface area contributed by atoms with Gasteiger partial charge < -0.3 is 10.1 Å². The highest BCUT2D eigenvalue weighted by molar-refractivity contribution is 5.95. The summed E-state index contributed by atoms with van der Waals surface area (Å²) < 4.78 is 7.03. The van der Waals surface area contributed by atoms with Gasteiger partial charge in [-0.05, 0) is 75.0 Å². The van der Waals surface area contributed by atoms with E-state index < -0.39 is 0 Å². The van der Waals surface area contributed by atoms with Crippen molar-refractivity contribution in [3.05, 3.63) is 53.0 Å². The highest BCUT2D eigenvalue weighted by Crippen LogP contribution is 2.34. The number of ether oxygens (including phenoxy) is 1. The Hall–Kier alpha value is -3.26. The molecule has 172 valence electrons. The fourth-order valence-corrected chi connectivity index (χ4v) is 5.00. The van der Waals surface area contributed by atoms with Gasteiger partial charge in [-0.1, -0.05) is 6.92 Å². The van der Waals surface area contributed by atoms with Gasteiger partial charge in [0.15, 0.2) is 0 Å². The van der Waals surface area contributed by atoms with Gasteiger partial charge in [-0.25, -0.2) is 14.6 Å². The Bertz CT molecular complexity index is 1190. The number of hydrogen-bond donors (Lipinski definition) is 1. The van der Waals surface area contributed by atoms with Crippen LogP contribution >= 0.6 is 0 Å². The fraction of sp³-hybridized carbons (Fsp3) is 0.440. The minimum atomic E-state index is -0.0999. The first kappa shape index (κ1) is 21.6. The van der Waals surface area contributed by atoms with E-state index in [4.69, 9.17) is 9.72 Å². The minimum Gasteiger partial charge on any atom is -0.497 e. The van der Waals surface area contributed by atoms with Gasteiger partial charge in [0.25, 0.3) is 11.9 Å². The molecule has 1 atom stereocenters. The third kappa shape index (κ3) is 3.99. The molecule has 0 unspecified atom stereocenters. The Labute approximate surface area is 194 Å². The van der Waals surface area contributed by atoms with Gasteiger partial charge in [-0.3, -0.25) is 9.69 Å². The van der Waals surface area contributed by atoms with E-state index in [-0.39, 0.29) is 5.91 Å². The number of methoxy groups -OCH3 is 1. The second kappa shape index (κ2) is 8.94. The highest BCUT2D eigenvalue weighted by Gasteiger charge is 2.25. The fourth-order valence-electron chi connectivity index (χ4n) is 5.00. The maximum atomic E-state index is 12.9. The van der Waals surface area contributed by atoms with E-state index in [9.17, 15) is 4.79 Å². The molecule has 0 spiro atoms. The van der Waals surface area contributed by atoms with Gasteiger partial charge in [0.2, 0.25) is 0 Å². The van der Waals surface area contributed by atoms with Crippen LogP contribution in [0.25, 0.3) is 17.2 Å². The zero-order chi connectivity index (χ0) is 22.9. The smallest absolute Gasteiger partial charge is 0.254 e. The van der Waals surface area contributed by atoms with Crippen LogP contribution in [-0.4, -0.2) is 63.3 Å². The summed E-state index contributed by atoms with van der Waals surface area (Å²) in [6, 6.07) is 6.50. The Morgan fingerprint density at radius 2 is 2.09 bits per heavy atom. The van der Waals surface area contributed by atoms with Crippen LogP contribution in [0.3, 0.4) is 0 Å². The van der Waals surface area contributed by atoms with Gasteiger partial charge in [0.1, 0.15) is 5.75 Å². The molecule has 33 heavy (non-hydrogen) atoms. The summed E-state index contributed by atoms with van der Waals surface area (Å²) in [7, 11) is 1.68. The first-order chi connectivity index (χ1) is 16.1. The molecule has 3 aromatic rings. The molecule has 8 nitrogen and oxygen atoms in total. The van der Waals surface area contributed by atoms with Crippen LogP contribution < -0.4 is 10.1 Å². The van der Waals surface area contributed by atoms with Crippen molar-refractivity contribution in [1.29, 1.82) is 0 Å². The number of aryl methyl sites for hydroxylation is 2. The maximum Gasteiger partial charge on any atom is 0.254 e. The van der Waals surface area contributed by atoms with Gasteiger partial charge >= 0.3 is 0 Å². The number of rotatable bonds is 6. The molecule has 2 aliphatic rings. The first-order valence-electron chi connectivity index (χ1n) is 11.7. The predicted octanol–water partition coefficient (Wildman–Crippen LogP) is 2.96. The molecular formula is C25H30N6O2. The maximum absolute atomic E-state index is 12.9. The number of nitrogens with zero attached hydrogens (tertiary/aromatic N) is 5. The predicted molar refractivity (Wildman–Crippen MR) is 126 cm³/mol. The van der Waals surface area contributed by atoms with E-state index >= 15 is 0 Å². The first-order valence-corrected chi connectivity index (χ1v) is 11.7. The number of likely N-dealkylation sites (tertiary alicyclic amines) is 1. The molecule has 1 aliphatic heterocycles. The van der Waals surface area contributed by atoms with Crippen molar-refractivity contribution < 1.29 is 9.53 Å². The van der Waals surface area contributed by atoms with E-state index in [0.29, 0.717) is 24.1 Å². The van der Waals surface area contributed by atoms with E-state index in [0.717, 1.165) is 60.6 Å². The van der Waals surface area contributed by atoms with Crippen LogP contribution in [0.4, 0.5) is 0 Å². The summed E-state index contributed by atoms with van der Waals surface area (Å²) >= 11 is 0. The van der Waals surface area contributed by atoms with Gasteiger partial charge in [0.05, 0.1) is 30.3 Å². The summed E-state index contributed by atoms with van der Waals surface area (Å²) in [5, 5.41) is 7.55. The van der Waals surface area contributed by atoms with Crippen molar-refractivity contribution in [3.63, 3.8) is 0 Å². The van der Waals surface area contributed by atoms with Crippen molar-refractivity contribution in [1.82, 2.24) is 30.0 Å². The third-order valence-electron chi connectivity index (χ3n) is 6.93. The van der Waals surface area contributed by atoms with E-state index in [1.54, 1.807) is 18.0 Å². The number of hydrogen-bond acceptors (Lipinski definition) is 6. The highest BCUT2D eigenvalue weighted by atomic mass is 16.5. The Kier molecular flexibility index (Phi) is 5.85. The molecule has 0 bridgehead atoms. The average molecular weight is 447 g/mol. The minimum absolute atomic E-state index is 0.0999. The third-order valence-corrected chi connectivity index (χ3v) is 6.93. The zero-order valence-electron chi connectivity index (χ0n) is 19.5. The SMILES string of the molecule is CCN1CCC[C@@H]1CNC(=O)c1cnn(-c2ncc3c(n2)-c2ccc(OC)cc2CC3)c1C. The van der Waals surface area contributed by atoms with Crippen LogP contribution in [0.1, 0.15) is 46.9 Å². The number of amides is 1. The molecule has 5 rings (SSSR count). The Morgan fingerprint density at radius 3 is 2.91 bits per heavy atom. The molecule has 0 saturated carbocycles. The second-order valence-electron chi connectivity index (χ2n) is 8.76. The molecule has 8 heteroatoms. The van der Waals surface area contributed by atoms with Gasteiger partial charge in [0, 0.05) is 24.3 Å². The largest absolute Gasteiger partial charge is 0.497 e. The average Bonchev–Trinajstić information content (AvgIpc) is 3.47. The van der Waals surface area contributed by atoms with Crippen LogP contribution in [0.5, 0.6) is 5.75 Å². The zero-order valence-corrected chi connectivity index (χ0v) is 19.5. The number of carbonyl (C=O) groups excluding carboxylic acids is 1. The van der Waals surface area contributed by atoms with Crippen LogP contribution in [0.15, 0.2) is 30.6 Å². The summed E-state index contributed by atoms with van der Waals surface area (Å²) in [6.07, 6.45) is 7.63.